The van der Waals surface area contributed by atoms with Crippen LogP contribution in [0.25, 0.3) is 0 Å². The lowest BCUT2D eigenvalue weighted by molar-refractivity contribution is -0.248. The minimum absolute atomic E-state index is 0.194. The standard InChI is InChI=1S/C19H19ClF3NO3/c1-17(2,3)24(16(25)26)15-10-6-13(7-11-15)18(27,19(21,22)23)12-4-8-14(20)9-5-12/h4-11,27H,1-3H3,(H,25,26). The molecular formula is C19H19ClF3NO3. The fraction of sp³-hybridized carbons (Fsp3) is 0.316. The van der Waals surface area contributed by atoms with Gasteiger partial charge in [-0.05, 0) is 56.2 Å². The first-order valence-corrected chi connectivity index (χ1v) is 8.35. The van der Waals surface area contributed by atoms with Gasteiger partial charge in [-0.1, -0.05) is 35.9 Å². The molecule has 0 fully saturated rings. The minimum atomic E-state index is -5.00. The van der Waals surface area contributed by atoms with E-state index >= 15 is 0 Å². The van der Waals surface area contributed by atoms with Crippen molar-refractivity contribution >= 4 is 23.4 Å². The second-order valence-electron chi connectivity index (χ2n) is 7.05. The number of hydrogen-bond donors (Lipinski definition) is 2. The van der Waals surface area contributed by atoms with Gasteiger partial charge in [0.2, 0.25) is 5.60 Å². The Labute approximate surface area is 159 Å². The summed E-state index contributed by atoms with van der Waals surface area (Å²) in [7, 11) is 0. The summed E-state index contributed by atoms with van der Waals surface area (Å²) in [6, 6.07) is 9.33. The van der Waals surface area contributed by atoms with Crippen LogP contribution in [0.1, 0.15) is 31.9 Å². The van der Waals surface area contributed by atoms with Gasteiger partial charge in [-0.25, -0.2) is 4.79 Å². The first kappa shape index (κ1) is 21.1. The minimum Gasteiger partial charge on any atom is -0.465 e. The molecule has 0 aromatic heterocycles. The number of carbonyl (C=O) groups is 1. The number of halogens is 4. The number of rotatable bonds is 3. The average molecular weight is 402 g/mol. The molecule has 0 bridgehead atoms. The van der Waals surface area contributed by atoms with Gasteiger partial charge in [-0.15, -0.1) is 0 Å². The molecule has 146 valence electrons. The Kier molecular flexibility index (Phi) is 5.50. The van der Waals surface area contributed by atoms with E-state index in [-0.39, 0.29) is 10.7 Å². The lowest BCUT2D eigenvalue weighted by Gasteiger charge is -2.34. The van der Waals surface area contributed by atoms with E-state index in [1.807, 2.05) is 0 Å². The molecule has 2 rings (SSSR count). The molecule has 0 saturated carbocycles. The molecule has 0 saturated heterocycles. The molecule has 0 aliphatic carbocycles. The van der Waals surface area contributed by atoms with Crippen LogP contribution >= 0.6 is 11.6 Å². The quantitative estimate of drug-likeness (QED) is 0.721. The number of anilines is 1. The van der Waals surface area contributed by atoms with Gasteiger partial charge in [0.05, 0.1) is 0 Å². The fourth-order valence-electron chi connectivity index (χ4n) is 2.82. The highest BCUT2D eigenvalue weighted by Crippen LogP contribution is 2.44. The van der Waals surface area contributed by atoms with Crippen molar-refractivity contribution in [1.82, 2.24) is 0 Å². The van der Waals surface area contributed by atoms with Crippen LogP contribution in [0.15, 0.2) is 48.5 Å². The zero-order chi connectivity index (χ0) is 20.6. The van der Waals surface area contributed by atoms with E-state index in [1.165, 1.54) is 24.3 Å². The van der Waals surface area contributed by atoms with Crippen LogP contribution in [0.5, 0.6) is 0 Å². The zero-order valence-electron chi connectivity index (χ0n) is 14.9. The van der Waals surface area contributed by atoms with Crippen LogP contribution < -0.4 is 4.90 Å². The Morgan fingerprint density at radius 3 is 1.67 bits per heavy atom. The van der Waals surface area contributed by atoms with Gasteiger partial charge < -0.3 is 10.2 Å². The molecule has 2 aromatic carbocycles. The highest BCUT2D eigenvalue weighted by Gasteiger charge is 2.56. The fourth-order valence-corrected chi connectivity index (χ4v) is 2.95. The maximum absolute atomic E-state index is 13.8. The predicted molar refractivity (Wildman–Crippen MR) is 97.2 cm³/mol. The molecule has 0 heterocycles. The van der Waals surface area contributed by atoms with Crippen molar-refractivity contribution in [2.24, 2.45) is 0 Å². The number of benzene rings is 2. The van der Waals surface area contributed by atoms with Crippen LogP contribution in [-0.4, -0.2) is 28.0 Å². The van der Waals surface area contributed by atoms with Crippen LogP contribution in [-0.2, 0) is 5.60 Å². The summed E-state index contributed by atoms with van der Waals surface area (Å²) in [6.45, 7) is 4.98. The smallest absolute Gasteiger partial charge is 0.425 e. The number of amides is 1. The number of hydrogen-bond acceptors (Lipinski definition) is 2. The van der Waals surface area contributed by atoms with Crippen LogP contribution in [0, 0.1) is 0 Å². The molecule has 1 unspecified atom stereocenters. The second-order valence-corrected chi connectivity index (χ2v) is 7.49. The maximum atomic E-state index is 13.8. The van der Waals surface area contributed by atoms with Gasteiger partial charge in [0.1, 0.15) is 0 Å². The largest absolute Gasteiger partial charge is 0.465 e. The summed E-state index contributed by atoms with van der Waals surface area (Å²) in [5, 5.41) is 20.2. The number of carboxylic acid groups (broad SMARTS) is 1. The lowest BCUT2D eigenvalue weighted by Crippen LogP contribution is -2.45. The number of aliphatic hydroxyl groups is 1. The summed E-state index contributed by atoms with van der Waals surface area (Å²) in [5.74, 6) is 0. The predicted octanol–water partition coefficient (Wildman–Crippen LogP) is 5.42. The highest BCUT2D eigenvalue weighted by molar-refractivity contribution is 6.30. The van der Waals surface area contributed by atoms with Crippen LogP contribution in [0.4, 0.5) is 23.7 Å². The second kappa shape index (κ2) is 7.05. The Hall–Kier alpha value is -2.25. The van der Waals surface area contributed by atoms with Crippen molar-refractivity contribution in [3.63, 3.8) is 0 Å². The van der Waals surface area contributed by atoms with Crippen molar-refractivity contribution in [2.45, 2.75) is 38.1 Å². The summed E-state index contributed by atoms with van der Waals surface area (Å²) in [4.78, 5) is 12.6. The molecular weight excluding hydrogens is 383 g/mol. The van der Waals surface area contributed by atoms with Crippen LogP contribution in [0.2, 0.25) is 5.02 Å². The van der Waals surface area contributed by atoms with Crippen molar-refractivity contribution in [2.75, 3.05) is 4.90 Å². The molecule has 0 aliphatic rings. The third-order valence-corrected chi connectivity index (χ3v) is 4.33. The van der Waals surface area contributed by atoms with Gasteiger partial charge in [0, 0.05) is 16.2 Å². The Morgan fingerprint density at radius 1 is 0.926 bits per heavy atom. The molecule has 4 nitrogen and oxygen atoms in total. The van der Waals surface area contributed by atoms with E-state index in [4.69, 9.17) is 11.6 Å². The molecule has 0 aliphatic heterocycles. The summed E-state index contributed by atoms with van der Waals surface area (Å²) >= 11 is 5.73. The first-order valence-electron chi connectivity index (χ1n) is 7.97. The van der Waals surface area contributed by atoms with Gasteiger partial charge in [0.25, 0.3) is 0 Å². The SMILES string of the molecule is CC(C)(C)N(C(=O)O)c1ccc(C(O)(c2ccc(Cl)cc2)C(F)(F)F)cc1. The highest BCUT2D eigenvalue weighted by atomic mass is 35.5. The van der Waals surface area contributed by atoms with Crippen molar-refractivity contribution in [1.29, 1.82) is 0 Å². The molecule has 1 amide bonds. The van der Waals surface area contributed by atoms with E-state index in [1.54, 1.807) is 20.8 Å². The Morgan fingerprint density at radius 2 is 1.33 bits per heavy atom. The number of alkyl halides is 3. The average Bonchev–Trinajstić information content (AvgIpc) is 2.52. The van der Waals surface area contributed by atoms with E-state index < -0.39 is 34.5 Å². The van der Waals surface area contributed by atoms with Crippen molar-refractivity contribution in [3.05, 3.63) is 64.7 Å². The van der Waals surface area contributed by atoms with E-state index in [0.29, 0.717) is 0 Å². The normalized spacial score (nSPS) is 14.5. The monoisotopic (exact) mass is 401 g/mol. The summed E-state index contributed by atoms with van der Waals surface area (Å²) < 4.78 is 41.3. The van der Waals surface area contributed by atoms with Crippen molar-refractivity contribution in [3.8, 4) is 0 Å². The molecule has 0 radical (unpaired) electrons. The third kappa shape index (κ3) is 4.04. The van der Waals surface area contributed by atoms with E-state index in [2.05, 4.69) is 0 Å². The molecule has 8 heteroatoms. The van der Waals surface area contributed by atoms with Gasteiger partial charge in [0.15, 0.2) is 0 Å². The topological polar surface area (TPSA) is 60.8 Å². The van der Waals surface area contributed by atoms with Gasteiger partial charge in [-0.2, -0.15) is 13.2 Å². The zero-order valence-corrected chi connectivity index (χ0v) is 15.6. The molecule has 1 atom stereocenters. The summed E-state index contributed by atoms with van der Waals surface area (Å²) in [6.07, 6.45) is -6.24. The molecule has 2 aromatic rings. The van der Waals surface area contributed by atoms with Crippen LogP contribution in [0.3, 0.4) is 0 Å². The Bertz CT molecular complexity index is 814. The maximum Gasteiger partial charge on any atom is 0.425 e. The summed E-state index contributed by atoms with van der Waals surface area (Å²) in [5.41, 5.74) is -4.69. The first-order chi connectivity index (χ1) is 12.3. The Balaban J connectivity index is 2.56. The van der Waals surface area contributed by atoms with E-state index in [0.717, 1.165) is 29.2 Å². The van der Waals surface area contributed by atoms with Gasteiger partial charge in [-0.3, -0.25) is 4.90 Å². The third-order valence-electron chi connectivity index (χ3n) is 4.08. The lowest BCUT2D eigenvalue weighted by atomic mass is 9.85. The molecule has 2 N–H and O–H groups in total. The molecule has 27 heavy (non-hydrogen) atoms. The van der Waals surface area contributed by atoms with E-state index in [9.17, 15) is 28.2 Å². The molecule has 0 spiro atoms. The van der Waals surface area contributed by atoms with Gasteiger partial charge >= 0.3 is 12.3 Å². The number of nitrogens with zero attached hydrogens (tertiary/aromatic N) is 1. The van der Waals surface area contributed by atoms with Crippen molar-refractivity contribution < 1.29 is 28.2 Å².